The van der Waals surface area contributed by atoms with Gasteiger partial charge in [-0.2, -0.15) is 10.4 Å². The molecule has 0 aliphatic rings. The van der Waals surface area contributed by atoms with Crippen LogP contribution in [0.5, 0.6) is 0 Å². The second kappa shape index (κ2) is 7.46. The summed E-state index contributed by atoms with van der Waals surface area (Å²) in [7, 11) is 0. The molecule has 6 nitrogen and oxygen atoms in total. The highest BCUT2D eigenvalue weighted by Crippen LogP contribution is 2.39. The molecule has 1 atom stereocenters. The third-order valence-corrected chi connectivity index (χ3v) is 5.29. The van der Waals surface area contributed by atoms with E-state index in [4.69, 9.17) is 22.6 Å². The summed E-state index contributed by atoms with van der Waals surface area (Å²) < 4.78 is 1.59. The van der Waals surface area contributed by atoms with Crippen molar-refractivity contribution in [3.63, 3.8) is 0 Å². The molecular formula is C22H19ClN6. The second-order valence-corrected chi connectivity index (χ2v) is 7.27. The lowest BCUT2D eigenvalue weighted by Gasteiger charge is -2.14. The molecule has 7 heteroatoms. The van der Waals surface area contributed by atoms with Gasteiger partial charge in [0.1, 0.15) is 11.9 Å². The van der Waals surface area contributed by atoms with Crippen molar-refractivity contribution in [1.82, 2.24) is 14.8 Å². The van der Waals surface area contributed by atoms with E-state index in [0.717, 1.165) is 33.2 Å². The summed E-state index contributed by atoms with van der Waals surface area (Å²) in [5.74, 6) is 0.616. The molecule has 1 unspecified atom stereocenters. The van der Waals surface area contributed by atoms with E-state index >= 15 is 0 Å². The van der Waals surface area contributed by atoms with Crippen molar-refractivity contribution in [2.75, 3.05) is 11.1 Å². The number of fused-ring (bicyclic) bond motifs is 1. The van der Waals surface area contributed by atoms with Gasteiger partial charge in [0.15, 0.2) is 0 Å². The maximum atomic E-state index is 9.03. The highest BCUT2D eigenvalue weighted by molar-refractivity contribution is 6.39. The van der Waals surface area contributed by atoms with Crippen LogP contribution in [0, 0.1) is 18.3 Å². The van der Waals surface area contributed by atoms with Gasteiger partial charge in [-0.15, -0.1) is 0 Å². The fourth-order valence-electron chi connectivity index (χ4n) is 3.27. The first-order valence-electron chi connectivity index (χ1n) is 9.12. The van der Waals surface area contributed by atoms with Crippen molar-refractivity contribution in [3.8, 4) is 17.2 Å². The van der Waals surface area contributed by atoms with Crippen LogP contribution in [0.25, 0.3) is 21.9 Å². The van der Waals surface area contributed by atoms with Crippen molar-refractivity contribution < 1.29 is 0 Å². The number of nitriles is 1. The predicted octanol–water partition coefficient (Wildman–Crippen LogP) is 5.47. The number of aromatic nitrogens is 3. The minimum atomic E-state index is -0.346. The van der Waals surface area contributed by atoms with Gasteiger partial charge in [-0.25, -0.2) is 4.98 Å². The highest BCUT2D eigenvalue weighted by Gasteiger charge is 2.14. The quantitative estimate of drug-likeness (QED) is 0.441. The smallest absolute Gasteiger partial charge is 0.135 e. The highest BCUT2D eigenvalue weighted by atomic mass is 35.5. The average molecular weight is 403 g/mol. The number of anilines is 3. The molecule has 0 saturated carbocycles. The Morgan fingerprint density at radius 2 is 1.97 bits per heavy atom. The van der Waals surface area contributed by atoms with E-state index in [9.17, 15) is 0 Å². The van der Waals surface area contributed by atoms with Crippen molar-refractivity contribution in [3.05, 3.63) is 65.6 Å². The van der Waals surface area contributed by atoms with E-state index in [-0.39, 0.29) is 6.04 Å². The standard InChI is InChI=1S/C22H19ClN6/c1-13-5-3-4-6-16(13)17-7-20(25)19-11-26-21(8-18(19)22(17)23)28-15-10-27-29(12-15)14(2)9-24/h3-8,10-12,14H,25H2,1-2H3,(H,26,28). The fourth-order valence-corrected chi connectivity index (χ4v) is 3.58. The van der Waals surface area contributed by atoms with Crippen LogP contribution in [0.4, 0.5) is 17.2 Å². The maximum absolute atomic E-state index is 9.03. The van der Waals surface area contributed by atoms with E-state index in [1.165, 1.54) is 0 Å². The monoisotopic (exact) mass is 402 g/mol. The lowest BCUT2D eigenvalue weighted by atomic mass is 9.97. The summed E-state index contributed by atoms with van der Waals surface area (Å²) in [6.45, 7) is 3.83. The molecule has 0 aliphatic heterocycles. The molecule has 144 valence electrons. The number of halogens is 1. The lowest BCUT2D eigenvalue weighted by molar-refractivity contribution is 0.591. The normalized spacial score (nSPS) is 11.9. The Kier molecular flexibility index (Phi) is 4.83. The van der Waals surface area contributed by atoms with Gasteiger partial charge in [0, 0.05) is 34.4 Å². The first-order chi connectivity index (χ1) is 14.0. The van der Waals surface area contributed by atoms with Gasteiger partial charge in [0.2, 0.25) is 0 Å². The van der Waals surface area contributed by atoms with E-state index in [2.05, 4.69) is 21.5 Å². The molecule has 2 aromatic heterocycles. The zero-order valence-electron chi connectivity index (χ0n) is 16.0. The molecule has 0 amide bonds. The average Bonchev–Trinajstić information content (AvgIpc) is 3.19. The van der Waals surface area contributed by atoms with Crippen LogP contribution in [0.15, 0.2) is 55.0 Å². The minimum absolute atomic E-state index is 0.346. The van der Waals surface area contributed by atoms with E-state index in [1.807, 2.05) is 43.3 Å². The van der Waals surface area contributed by atoms with Crippen LogP contribution in [-0.4, -0.2) is 14.8 Å². The number of aryl methyl sites for hydroxylation is 1. The zero-order valence-corrected chi connectivity index (χ0v) is 16.8. The SMILES string of the molecule is Cc1ccccc1-c1cc(N)c2cnc(Nc3cnn(C(C)C#N)c3)cc2c1Cl. The maximum Gasteiger partial charge on any atom is 0.135 e. The molecule has 0 saturated heterocycles. The first kappa shape index (κ1) is 18.8. The van der Waals surface area contributed by atoms with Crippen LogP contribution >= 0.6 is 11.6 Å². The van der Waals surface area contributed by atoms with Gasteiger partial charge in [-0.3, -0.25) is 4.68 Å². The molecule has 4 rings (SSSR count). The molecule has 0 fully saturated rings. The molecular weight excluding hydrogens is 384 g/mol. The third-order valence-electron chi connectivity index (χ3n) is 4.88. The van der Waals surface area contributed by atoms with Crippen LogP contribution in [-0.2, 0) is 0 Å². The molecule has 0 spiro atoms. The van der Waals surface area contributed by atoms with Crippen LogP contribution in [0.3, 0.4) is 0 Å². The Morgan fingerprint density at radius 3 is 2.72 bits per heavy atom. The Balaban J connectivity index is 1.77. The predicted molar refractivity (Wildman–Crippen MR) is 117 cm³/mol. The summed E-state index contributed by atoms with van der Waals surface area (Å²) in [6.07, 6.45) is 5.13. The van der Waals surface area contributed by atoms with Crippen molar-refractivity contribution in [1.29, 1.82) is 5.26 Å². The van der Waals surface area contributed by atoms with Gasteiger partial charge >= 0.3 is 0 Å². The van der Waals surface area contributed by atoms with Crippen molar-refractivity contribution in [2.24, 2.45) is 0 Å². The number of rotatable bonds is 4. The Bertz CT molecular complexity index is 1250. The second-order valence-electron chi connectivity index (χ2n) is 6.90. The topological polar surface area (TPSA) is 92.5 Å². The molecule has 0 bridgehead atoms. The largest absolute Gasteiger partial charge is 0.398 e. The number of nitrogen functional groups attached to an aromatic ring is 1. The molecule has 2 aromatic carbocycles. The summed E-state index contributed by atoms with van der Waals surface area (Å²) in [4.78, 5) is 4.45. The third kappa shape index (κ3) is 3.48. The molecule has 4 aromatic rings. The summed E-state index contributed by atoms with van der Waals surface area (Å²) in [5, 5.41) is 18.7. The van der Waals surface area contributed by atoms with Gasteiger partial charge in [-0.1, -0.05) is 35.9 Å². The number of benzene rings is 2. The van der Waals surface area contributed by atoms with Gasteiger partial charge in [0.25, 0.3) is 0 Å². The number of nitrogens with zero attached hydrogens (tertiary/aromatic N) is 4. The van der Waals surface area contributed by atoms with E-state index < -0.39 is 0 Å². The Hall–Kier alpha value is -3.56. The molecule has 0 radical (unpaired) electrons. The van der Waals surface area contributed by atoms with Crippen LogP contribution in [0.2, 0.25) is 5.02 Å². The van der Waals surface area contributed by atoms with E-state index in [1.54, 1.807) is 30.2 Å². The number of pyridine rings is 1. The van der Waals surface area contributed by atoms with Gasteiger partial charge in [-0.05, 0) is 37.1 Å². The summed E-state index contributed by atoms with van der Waals surface area (Å²) >= 11 is 6.80. The Morgan fingerprint density at radius 1 is 1.17 bits per heavy atom. The number of hydrogen-bond acceptors (Lipinski definition) is 5. The summed E-state index contributed by atoms with van der Waals surface area (Å²) in [6, 6.07) is 13.6. The molecule has 0 aliphatic carbocycles. The fraction of sp³-hybridized carbons (Fsp3) is 0.136. The van der Waals surface area contributed by atoms with Crippen LogP contribution in [0.1, 0.15) is 18.5 Å². The number of nitrogens with one attached hydrogen (secondary N) is 1. The molecule has 2 heterocycles. The van der Waals surface area contributed by atoms with Crippen molar-refractivity contribution >= 4 is 39.6 Å². The van der Waals surface area contributed by atoms with Gasteiger partial charge < -0.3 is 11.1 Å². The molecule has 29 heavy (non-hydrogen) atoms. The van der Waals surface area contributed by atoms with E-state index in [0.29, 0.717) is 16.5 Å². The number of nitrogens with two attached hydrogens (primary N) is 1. The lowest BCUT2D eigenvalue weighted by Crippen LogP contribution is -2.02. The molecule has 3 N–H and O–H groups in total. The van der Waals surface area contributed by atoms with Gasteiger partial charge in [0.05, 0.1) is 23.0 Å². The van der Waals surface area contributed by atoms with Crippen molar-refractivity contribution in [2.45, 2.75) is 19.9 Å². The van der Waals surface area contributed by atoms with Crippen LogP contribution < -0.4 is 11.1 Å². The minimum Gasteiger partial charge on any atom is -0.398 e. The summed E-state index contributed by atoms with van der Waals surface area (Å²) in [5.41, 5.74) is 10.7. The Labute approximate surface area is 173 Å². The number of hydrogen-bond donors (Lipinski definition) is 2. The first-order valence-corrected chi connectivity index (χ1v) is 9.50. The zero-order chi connectivity index (χ0) is 20.5.